The Kier molecular flexibility index (Phi) is 4.26. The van der Waals surface area contributed by atoms with Crippen LogP contribution in [0.3, 0.4) is 0 Å². The first-order chi connectivity index (χ1) is 9.49. The standard InChI is InChI=1S/C12H16N4O3S/c13-11-8-10(2-3-12(11)17)20(18,19)15-4-1-6-16-7-5-14-9-16/h2-3,5,7-9,15,17H,1,4,6,13H2. The molecule has 0 unspecified atom stereocenters. The molecule has 1 heterocycles. The van der Waals surface area contributed by atoms with Crippen molar-refractivity contribution in [2.24, 2.45) is 0 Å². The van der Waals surface area contributed by atoms with Crippen molar-refractivity contribution in [3.8, 4) is 5.75 Å². The molecule has 0 aliphatic rings. The summed E-state index contributed by atoms with van der Waals surface area (Å²) in [7, 11) is -3.61. The van der Waals surface area contributed by atoms with Crippen LogP contribution in [0.1, 0.15) is 6.42 Å². The summed E-state index contributed by atoms with van der Waals surface area (Å²) < 4.78 is 28.3. The highest BCUT2D eigenvalue weighted by atomic mass is 32.2. The van der Waals surface area contributed by atoms with Gasteiger partial charge in [-0.25, -0.2) is 18.1 Å². The molecule has 108 valence electrons. The highest BCUT2D eigenvalue weighted by molar-refractivity contribution is 7.89. The zero-order valence-electron chi connectivity index (χ0n) is 10.7. The molecule has 8 heteroatoms. The number of hydrogen-bond acceptors (Lipinski definition) is 5. The molecular weight excluding hydrogens is 280 g/mol. The molecule has 0 spiro atoms. The maximum absolute atomic E-state index is 12.0. The predicted molar refractivity (Wildman–Crippen MR) is 74.6 cm³/mol. The van der Waals surface area contributed by atoms with Gasteiger partial charge in [0.15, 0.2) is 0 Å². The Morgan fingerprint density at radius 1 is 1.40 bits per heavy atom. The Morgan fingerprint density at radius 2 is 2.20 bits per heavy atom. The minimum atomic E-state index is -3.61. The van der Waals surface area contributed by atoms with Gasteiger partial charge in [-0.1, -0.05) is 0 Å². The lowest BCUT2D eigenvalue weighted by atomic mass is 10.3. The number of nitrogen functional groups attached to an aromatic ring is 1. The Hall–Kier alpha value is -2.06. The second kappa shape index (κ2) is 5.93. The maximum atomic E-state index is 12.0. The molecule has 0 atom stereocenters. The summed E-state index contributed by atoms with van der Waals surface area (Å²) in [5.41, 5.74) is 5.52. The van der Waals surface area contributed by atoms with E-state index in [-0.39, 0.29) is 16.3 Å². The topological polar surface area (TPSA) is 110 Å². The first-order valence-corrected chi connectivity index (χ1v) is 7.51. The van der Waals surface area contributed by atoms with E-state index in [1.807, 2.05) is 10.8 Å². The van der Waals surface area contributed by atoms with E-state index < -0.39 is 10.0 Å². The van der Waals surface area contributed by atoms with Crippen LogP contribution in [0.5, 0.6) is 5.75 Å². The minimum Gasteiger partial charge on any atom is -0.506 e. The quantitative estimate of drug-likeness (QED) is 0.409. The summed E-state index contributed by atoms with van der Waals surface area (Å²) in [6, 6.07) is 3.80. The Labute approximate surface area is 117 Å². The molecule has 1 aromatic heterocycles. The molecule has 7 nitrogen and oxygen atoms in total. The summed E-state index contributed by atoms with van der Waals surface area (Å²) in [6.45, 7) is 0.988. The number of rotatable bonds is 6. The molecule has 20 heavy (non-hydrogen) atoms. The number of sulfonamides is 1. The van der Waals surface area contributed by atoms with Crippen LogP contribution >= 0.6 is 0 Å². The van der Waals surface area contributed by atoms with Crippen LogP contribution in [-0.2, 0) is 16.6 Å². The first kappa shape index (κ1) is 14.4. The third kappa shape index (κ3) is 3.49. The number of aromatic hydroxyl groups is 1. The number of nitrogens with two attached hydrogens (primary N) is 1. The van der Waals surface area contributed by atoms with Gasteiger partial charge in [0.1, 0.15) is 5.75 Å². The SMILES string of the molecule is Nc1cc(S(=O)(=O)NCCCn2ccnc2)ccc1O. The van der Waals surface area contributed by atoms with Crippen LogP contribution in [0.4, 0.5) is 5.69 Å². The molecular formula is C12H16N4O3S. The van der Waals surface area contributed by atoms with E-state index in [1.54, 1.807) is 12.5 Å². The van der Waals surface area contributed by atoms with Crippen molar-refractivity contribution < 1.29 is 13.5 Å². The fraction of sp³-hybridized carbons (Fsp3) is 0.250. The average Bonchev–Trinajstić information content (AvgIpc) is 2.91. The monoisotopic (exact) mass is 296 g/mol. The molecule has 0 saturated heterocycles. The molecule has 0 fully saturated rings. The van der Waals surface area contributed by atoms with Crippen LogP contribution in [0.2, 0.25) is 0 Å². The molecule has 0 saturated carbocycles. The predicted octanol–water partition coefficient (Wildman–Crippen LogP) is 0.539. The zero-order valence-corrected chi connectivity index (χ0v) is 11.5. The van der Waals surface area contributed by atoms with Gasteiger partial charge in [0, 0.05) is 25.5 Å². The number of aromatic nitrogens is 2. The van der Waals surface area contributed by atoms with Crippen LogP contribution < -0.4 is 10.5 Å². The third-order valence-electron chi connectivity index (χ3n) is 2.75. The van der Waals surface area contributed by atoms with E-state index in [0.717, 1.165) is 0 Å². The van der Waals surface area contributed by atoms with E-state index in [2.05, 4.69) is 9.71 Å². The van der Waals surface area contributed by atoms with Crippen molar-refractivity contribution in [2.75, 3.05) is 12.3 Å². The van der Waals surface area contributed by atoms with Crippen LogP contribution in [-0.4, -0.2) is 29.6 Å². The van der Waals surface area contributed by atoms with Gasteiger partial charge in [-0.2, -0.15) is 0 Å². The third-order valence-corrected chi connectivity index (χ3v) is 4.21. The van der Waals surface area contributed by atoms with Crippen LogP contribution in [0, 0.1) is 0 Å². The van der Waals surface area contributed by atoms with Gasteiger partial charge in [-0.15, -0.1) is 0 Å². The van der Waals surface area contributed by atoms with Gasteiger partial charge in [0.25, 0.3) is 0 Å². The molecule has 1 aromatic carbocycles. The lowest BCUT2D eigenvalue weighted by molar-refractivity contribution is 0.477. The Bertz CT molecular complexity index is 668. The Morgan fingerprint density at radius 3 is 2.85 bits per heavy atom. The summed E-state index contributed by atoms with van der Waals surface area (Å²) in [4.78, 5) is 3.94. The van der Waals surface area contributed by atoms with E-state index in [1.165, 1.54) is 18.2 Å². The van der Waals surface area contributed by atoms with E-state index in [9.17, 15) is 13.5 Å². The number of benzene rings is 1. The smallest absolute Gasteiger partial charge is 0.240 e. The summed E-state index contributed by atoms with van der Waals surface area (Å²) in [5.74, 6) is -0.135. The molecule has 4 N–H and O–H groups in total. The van der Waals surface area contributed by atoms with Gasteiger partial charge in [-0.05, 0) is 24.6 Å². The number of phenolic OH excluding ortho intramolecular Hbond substituents is 1. The van der Waals surface area contributed by atoms with Gasteiger partial charge >= 0.3 is 0 Å². The molecule has 0 aliphatic heterocycles. The number of aryl methyl sites for hydroxylation is 1. The molecule has 0 bridgehead atoms. The number of hydrogen-bond donors (Lipinski definition) is 3. The highest BCUT2D eigenvalue weighted by Gasteiger charge is 2.14. The second-order valence-electron chi connectivity index (χ2n) is 4.27. The van der Waals surface area contributed by atoms with E-state index >= 15 is 0 Å². The zero-order chi connectivity index (χ0) is 14.6. The summed E-state index contributed by atoms with van der Waals surface area (Å²) >= 11 is 0. The van der Waals surface area contributed by atoms with E-state index in [4.69, 9.17) is 5.73 Å². The normalized spacial score (nSPS) is 11.6. The fourth-order valence-corrected chi connectivity index (χ4v) is 2.78. The van der Waals surface area contributed by atoms with E-state index in [0.29, 0.717) is 19.5 Å². The fourth-order valence-electron chi connectivity index (χ4n) is 1.67. The van der Waals surface area contributed by atoms with Gasteiger partial charge in [-0.3, -0.25) is 0 Å². The molecule has 2 aromatic rings. The summed E-state index contributed by atoms with van der Waals surface area (Å²) in [6.07, 6.45) is 5.80. The van der Waals surface area contributed by atoms with Crippen molar-refractivity contribution in [3.05, 3.63) is 36.9 Å². The molecule has 0 amide bonds. The highest BCUT2D eigenvalue weighted by Crippen LogP contribution is 2.22. The number of nitrogens with zero attached hydrogens (tertiary/aromatic N) is 2. The average molecular weight is 296 g/mol. The van der Waals surface area contributed by atoms with Crippen LogP contribution in [0.25, 0.3) is 0 Å². The van der Waals surface area contributed by atoms with Gasteiger partial charge in [0.2, 0.25) is 10.0 Å². The first-order valence-electron chi connectivity index (χ1n) is 6.03. The lowest BCUT2D eigenvalue weighted by Gasteiger charge is -2.08. The summed E-state index contributed by atoms with van der Waals surface area (Å²) in [5, 5.41) is 9.28. The lowest BCUT2D eigenvalue weighted by Crippen LogP contribution is -2.25. The number of nitrogens with one attached hydrogen (secondary N) is 1. The Balaban J connectivity index is 1.92. The second-order valence-corrected chi connectivity index (χ2v) is 6.04. The van der Waals surface area contributed by atoms with Crippen molar-refractivity contribution in [1.82, 2.24) is 14.3 Å². The van der Waals surface area contributed by atoms with Gasteiger partial charge < -0.3 is 15.4 Å². The largest absolute Gasteiger partial charge is 0.506 e. The minimum absolute atomic E-state index is 0.0336. The number of anilines is 1. The molecule has 0 radical (unpaired) electrons. The van der Waals surface area contributed by atoms with Gasteiger partial charge in [0.05, 0.1) is 16.9 Å². The van der Waals surface area contributed by atoms with Crippen molar-refractivity contribution in [1.29, 1.82) is 0 Å². The molecule has 2 rings (SSSR count). The number of imidazole rings is 1. The number of phenols is 1. The van der Waals surface area contributed by atoms with Crippen molar-refractivity contribution in [2.45, 2.75) is 17.9 Å². The van der Waals surface area contributed by atoms with Crippen molar-refractivity contribution in [3.63, 3.8) is 0 Å². The van der Waals surface area contributed by atoms with Crippen molar-refractivity contribution >= 4 is 15.7 Å². The molecule has 0 aliphatic carbocycles. The van der Waals surface area contributed by atoms with Crippen LogP contribution in [0.15, 0.2) is 41.8 Å². The maximum Gasteiger partial charge on any atom is 0.240 e.